The molecule has 1 aromatic rings. The molecule has 3 aliphatic carbocycles. The molecule has 0 amide bonds. The number of fused-ring (bicyclic) bond motifs is 3. The molecule has 0 spiro atoms. The van der Waals surface area contributed by atoms with Gasteiger partial charge in [-0.25, -0.2) is 0 Å². The first-order chi connectivity index (χ1) is 16.5. The van der Waals surface area contributed by atoms with E-state index in [1.165, 1.54) is 0 Å². The van der Waals surface area contributed by atoms with Crippen molar-refractivity contribution < 1.29 is 39.1 Å². The molecule has 3 heterocycles. The van der Waals surface area contributed by atoms with E-state index in [-0.39, 0.29) is 5.92 Å². The Kier molecular flexibility index (Phi) is 4.14. The van der Waals surface area contributed by atoms with Gasteiger partial charge in [-0.2, -0.15) is 0 Å². The summed E-state index contributed by atoms with van der Waals surface area (Å²) < 4.78 is 26.6. The van der Waals surface area contributed by atoms with E-state index in [0.717, 1.165) is 5.57 Å². The topological polar surface area (TPSA) is 118 Å². The van der Waals surface area contributed by atoms with Crippen molar-refractivity contribution in [2.45, 2.75) is 80.3 Å². The van der Waals surface area contributed by atoms with Gasteiger partial charge in [0.25, 0.3) is 0 Å². The summed E-state index contributed by atoms with van der Waals surface area (Å²) in [4.78, 5) is 13.5. The monoisotopic (exact) mass is 484 g/mol. The first kappa shape index (κ1) is 22.5. The minimum Gasteiger partial charge on any atom is -0.393 e. The van der Waals surface area contributed by atoms with Gasteiger partial charge < -0.3 is 34.3 Å². The van der Waals surface area contributed by atoms with Gasteiger partial charge in [-0.3, -0.25) is 4.79 Å². The Bertz CT molecular complexity index is 1140. The van der Waals surface area contributed by atoms with Crippen LogP contribution in [0.25, 0.3) is 0 Å². The molecule has 8 heteroatoms. The Morgan fingerprint density at radius 2 is 1.86 bits per heavy atom. The zero-order chi connectivity index (χ0) is 24.8. The van der Waals surface area contributed by atoms with Crippen LogP contribution in [0.5, 0.6) is 0 Å². The molecule has 0 radical (unpaired) electrons. The van der Waals surface area contributed by atoms with Crippen molar-refractivity contribution in [3.63, 3.8) is 0 Å². The van der Waals surface area contributed by atoms with Crippen LogP contribution in [-0.4, -0.2) is 68.4 Å². The fourth-order valence-corrected chi connectivity index (χ4v) is 8.55. The Hall–Kier alpha value is -1.65. The van der Waals surface area contributed by atoms with Gasteiger partial charge in [0.05, 0.1) is 12.2 Å². The average Bonchev–Trinajstić information content (AvgIpc) is 3.48. The van der Waals surface area contributed by atoms with Crippen LogP contribution in [0.2, 0.25) is 0 Å². The summed E-state index contributed by atoms with van der Waals surface area (Å²) in [6, 6.07) is 9.41. The second kappa shape index (κ2) is 6.42. The molecule has 8 nitrogen and oxygen atoms in total. The molecule has 6 fully saturated rings. The largest absolute Gasteiger partial charge is 0.393 e. The molecule has 188 valence electrons. The number of ketones is 1. The number of ether oxygens (including phenoxy) is 4. The van der Waals surface area contributed by atoms with Gasteiger partial charge in [-0.05, 0) is 31.3 Å². The van der Waals surface area contributed by atoms with Crippen molar-refractivity contribution in [1.29, 1.82) is 0 Å². The Labute approximate surface area is 203 Å². The van der Waals surface area contributed by atoms with Gasteiger partial charge in [0.1, 0.15) is 29.5 Å². The van der Waals surface area contributed by atoms with Crippen LogP contribution < -0.4 is 0 Å². The quantitative estimate of drug-likeness (QED) is 0.436. The van der Waals surface area contributed by atoms with E-state index >= 15 is 0 Å². The van der Waals surface area contributed by atoms with Crippen LogP contribution >= 0.6 is 0 Å². The lowest BCUT2D eigenvalue weighted by Gasteiger charge is -2.60. The molecule has 12 atom stereocenters. The minimum atomic E-state index is -2.13. The van der Waals surface area contributed by atoms with E-state index < -0.39 is 76.8 Å². The molecule has 4 unspecified atom stereocenters. The number of carbonyl (C=O) groups is 1. The van der Waals surface area contributed by atoms with Crippen molar-refractivity contribution in [2.75, 3.05) is 6.61 Å². The molecule has 1 aromatic carbocycles. The van der Waals surface area contributed by atoms with Crippen LogP contribution in [0.4, 0.5) is 0 Å². The molecule has 3 N–H and O–H groups in total. The van der Waals surface area contributed by atoms with E-state index in [4.69, 9.17) is 18.9 Å². The fraction of sp³-hybridized carbons (Fsp3) is 0.667. The normalized spacial score (nSPS) is 57.3. The van der Waals surface area contributed by atoms with Gasteiger partial charge in [-0.15, -0.1) is 0 Å². The number of Topliss-reactive ketones (excluding diaryl/α,β-unsaturated/α-hetero) is 1. The van der Waals surface area contributed by atoms with Crippen LogP contribution in [0.1, 0.15) is 39.2 Å². The van der Waals surface area contributed by atoms with Crippen molar-refractivity contribution in [3.05, 3.63) is 48.0 Å². The Morgan fingerprint density at radius 3 is 2.51 bits per heavy atom. The SMILES string of the molecule is C=C(C)[C@]12C[C@@H](C)[C@@]34OC(c5ccccc5)(OC1C3[C@@H]1O[C@]1(CO)[C@@H](O)[C@]1(O)C(=O)[C@@H](C)CC41)O2. The smallest absolute Gasteiger partial charge is 0.313 e. The summed E-state index contributed by atoms with van der Waals surface area (Å²) in [6.07, 6.45) is -1.97. The number of hydrogen-bond acceptors (Lipinski definition) is 8. The molecule has 3 saturated carbocycles. The fourth-order valence-electron chi connectivity index (χ4n) is 8.55. The third kappa shape index (κ3) is 2.20. The molecule has 0 aromatic heterocycles. The Balaban J connectivity index is 1.52. The molecule has 3 bridgehead atoms. The predicted molar refractivity (Wildman–Crippen MR) is 121 cm³/mol. The number of hydrogen-bond donors (Lipinski definition) is 3. The van der Waals surface area contributed by atoms with Crippen LogP contribution in [0, 0.1) is 23.7 Å². The molecule has 3 saturated heterocycles. The predicted octanol–water partition coefficient (Wildman–Crippen LogP) is 1.41. The first-order valence-electron chi connectivity index (χ1n) is 12.6. The number of aliphatic hydroxyl groups is 3. The zero-order valence-corrected chi connectivity index (χ0v) is 20.1. The third-order valence-electron chi connectivity index (χ3n) is 10.2. The lowest BCUT2D eigenvalue weighted by Crippen LogP contribution is -2.72. The summed E-state index contributed by atoms with van der Waals surface area (Å²) in [5, 5.41) is 34.1. The van der Waals surface area contributed by atoms with Crippen molar-refractivity contribution >= 4 is 5.78 Å². The summed E-state index contributed by atoms with van der Waals surface area (Å²) in [5.74, 6) is -3.91. The maximum absolute atomic E-state index is 13.5. The highest BCUT2D eigenvalue weighted by Crippen LogP contribution is 2.74. The standard InChI is InChI=1S/C27H32O8/c1-13(2)23-11-15(4)26-17-10-14(3)19(29)25(17,31)22(30)24(12-28)21(32-24)18(26)20(23)33-27(34-23,35-26)16-8-6-5-7-9-16/h5-9,14-15,17-18,20-22,28,30-31H,1,10-12H2,2-4H3/t14-,15+,17?,18?,20?,21-,22+,23+,24-,25+,26-,27?/m0/s1. The van der Waals surface area contributed by atoms with E-state index in [0.29, 0.717) is 18.4 Å². The second-order valence-corrected chi connectivity index (χ2v) is 11.8. The van der Waals surface area contributed by atoms with Crippen LogP contribution in [-0.2, 0) is 29.7 Å². The van der Waals surface area contributed by atoms with Gasteiger partial charge in [0, 0.05) is 23.3 Å². The Morgan fingerprint density at radius 1 is 1.14 bits per heavy atom. The maximum Gasteiger partial charge on any atom is 0.313 e. The third-order valence-corrected chi connectivity index (χ3v) is 10.2. The van der Waals surface area contributed by atoms with Gasteiger partial charge >= 0.3 is 5.97 Å². The molecular weight excluding hydrogens is 452 g/mol. The second-order valence-electron chi connectivity index (χ2n) is 11.8. The lowest BCUT2D eigenvalue weighted by atomic mass is 9.54. The number of aliphatic hydroxyl groups excluding tert-OH is 2. The first-order valence-corrected chi connectivity index (χ1v) is 12.6. The summed E-state index contributed by atoms with van der Waals surface area (Å²) in [6.45, 7) is 9.47. The number of epoxide rings is 1. The number of carbonyl (C=O) groups excluding carboxylic acids is 1. The van der Waals surface area contributed by atoms with E-state index in [9.17, 15) is 20.1 Å². The van der Waals surface area contributed by atoms with Crippen LogP contribution in [0.3, 0.4) is 0 Å². The van der Waals surface area contributed by atoms with Gasteiger partial charge in [0.2, 0.25) is 0 Å². The minimum absolute atomic E-state index is 0.199. The van der Waals surface area contributed by atoms with E-state index in [1.54, 1.807) is 6.92 Å². The summed E-state index contributed by atoms with van der Waals surface area (Å²) in [5.41, 5.74) is -4.14. The molecule has 3 aliphatic heterocycles. The van der Waals surface area contributed by atoms with E-state index in [1.807, 2.05) is 44.2 Å². The highest BCUT2D eigenvalue weighted by Gasteiger charge is 2.89. The lowest BCUT2D eigenvalue weighted by molar-refractivity contribution is -0.442. The average molecular weight is 485 g/mol. The highest BCUT2D eigenvalue weighted by atomic mass is 16.9. The summed E-state index contributed by atoms with van der Waals surface area (Å²) >= 11 is 0. The molecule has 35 heavy (non-hydrogen) atoms. The van der Waals surface area contributed by atoms with Crippen molar-refractivity contribution in [3.8, 4) is 0 Å². The van der Waals surface area contributed by atoms with Gasteiger partial charge in [-0.1, -0.05) is 50.8 Å². The van der Waals surface area contributed by atoms with Crippen molar-refractivity contribution in [2.24, 2.45) is 23.7 Å². The number of rotatable bonds is 3. The van der Waals surface area contributed by atoms with Crippen LogP contribution in [0.15, 0.2) is 42.5 Å². The molecule has 6 aliphatic rings. The zero-order valence-electron chi connectivity index (χ0n) is 20.1. The maximum atomic E-state index is 13.5. The number of benzene rings is 1. The molecule has 7 rings (SSSR count). The van der Waals surface area contributed by atoms with Crippen molar-refractivity contribution in [1.82, 2.24) is 0 Å². The highest BCUT2D eigenvalue weighted by molar-refractivity contribution is 5.93. The summed E-state index contributed by atoms with van der Waals surface area (Å²) in [7, 11) is 0. The van der Waals surface area contributed by atoms with Gasteiger partial charge in [0.15, 0.2) is 11.4 Å². The van der Waals surface area contributed by atoms with E-state index in [2.05, 4.69) is 6.58 Å². The molecular formula is C27H32O8.